The number of amides is 1. The van der Waals surface area contributed by atoms with Crippen molar-refractivity contribution in [3.8, 4) is 0 Å². The molecule has 2 fully saturated rings. The average Bonchev–Trinajstić information content (AvgIpc) is 3.39. The molecule has 1 aromatic carbocycles. The Labute approximate surface area is 156 Å². The zero-order chi connectivity index (χ0) is 18.8. The van der Waals surface area contributed by atoms with Crippen LogP contribution < -0.4 is 15.8 Å². The molecule has 1 aromatic heterocycles. The van der Waals surface area contributed by atoms with Crippen molar-refractivity contribution in [3.63, 3.8) is 0 Å². The fraction of sp³-hybridized carbons (Fsp3) is 0.389. The number of furan rings is 1. The molecule has 9 heteroatoms. The van der Waals surface area contributed by atoms with Crippen LogP contribution in [0.2, 0.25) is 0 Å². The van der Waals surface area contributed by atoms with E-state index in [-0.39, 0.29) is 23.7 Å². The molecule has 9 nitrogen and oxygen atoms in total. The van der Waals surface area contributed by atoms with E-state index in [0.717, 1.165) is 11.4 Å². The van der Waals surface area contributed by atoms with E-state index in [2.05, 4.69) is 15.8 Å². The van der Waals surface area contributed by atoms with Gasteiger partial charge in [-0.25, -0.2) is 10.9 Å². The van der Waals surface area contributed by atoms with Gasteiger partial charge in [0.2, 0.25) is 5.91 Å². The maximum absolute atomic E-state index is 12.8. The van der Waals surface area contributed by atoms with Crippen LogP contribution in [0.5, 0.6) is 0 Å². The number of nitro groups is 1. The minimum atomic E-state index is -0.404. The van der Waals surface area contributed by atoms with Crippen LogP contribution in [0.15, 0.2) is 47.1 Å². The van der Waals surface area contributed by atoms with Crippen molar-refractivity contribution in [2.24, 2.45) is 0 Å². The fourth-order valence-electron chi connectivity index (χ4n) is 3.58. The van der Waals surface area contributed by atoms with Gasteiger partial charge in [0, 0.05) is 44.0 Å². The largest absolute Gasteiger partial charge is 0.468 e. The summed E-state index contributed by atoms with van der Waals surface area (Å²) < 4.78 is 5.40. The molecule has 0 saturated carbocycles. The molecular weight excluding hydrogens is 350 g/mol. The van der Waals surface area contributed by atoms with Gasteiger partial charge >= 0.3 is 0 Å². The number of hydrogen-bond donors (Lipinski definition) is 2. The number of piperazine rings is 1. The van der Waals surface area contributed by atoms with Gasteiger partial charge < -0.3 is 14.2 Å². The first-order valence-corrected chi connectivity index (χ1v) is 8.94. The second-order valence-electron chi connectivity index (χ2n) is 6.73. The number of benzene rings is 1. The van der Waals surface area contributed by atoms with Crippen LogP contribution in [0, 0.1) is 10.1 Å². The third kappa shape index (κ3) is 3.64. The molecule has 0 bridgehead atoms. The van der Waals surface area contributed by atoms with Gasteiger partial charge in [0.15, 0.2) is 0 Å². The molecule has 2 N–H and O–H groups in total. The molecule has 2 aliphatic rings. The number of nitrogens with zero attached hydrogens (tertiary/aromatic N) is 3. The molecule has 0 aliphatic carbocycles. The van der Waals surface area contributed by atoms with E-state index in [0.29, 0.717) is 32.6 Å². The average molecular weight is 371 g/mol. The molecular formula is C18H21N5O4. The minimum Gasteiger partial charge on any atom is -0.468 e. The number of anilines is 1. The highest BCUT2D eigenvalue weighted by Gasteiger charge is 2.35. The number of hydrogen-bond acceptors (Lipinski definition) is 7. The van der Waals surface area contributed by atoms with Crippen LogP contribution in [0.25, 0.3) is 0 Å². The van der Waals surface area contributed by atoms with Gasteiger partial charge in [-0.05, 0) is 30.7 Å². The van der Waals surface area contributed by atoms with Gasteiger partial charge in [-0.3, -0.25) is 14.9 Å². The lowest BCUT2D eigenvalue weighted by atomic mass is 10.1. The van der Waals surface area contributed by atoms with E-state index in [1.165, 1.54) is 12.1 Å². The Kier molecular flexibility index (Phi) is 4.78. The van der Waals surface area contributed by atoms with Gasteiger partial charge in [-0.15, -0.1) is 0 Å². The predicted molar refractivity (Wildman–Crippen MR) is 98.0 cm³/mol. The summed E-state index contributed by atoms with van der Waals surface area (Å²) in [4.78, 5) is 27.1. The van der Waals surface area contributed by atoms with E-state index in [1.807, 2.05) is 17.0 Å². The van der Waals surface area contributed by atoms with E-state index >= 15 is 0 Å². The van der Waals surface area contributed by atoms with Gasteiger partial charge in [0.05, 0.1) is 17.2 Å². The number of hydrazine groups is 1. The first-order valence-electron chi connectivity index (χ1n) is 8.94. The quantitative estimate of drug-likeness (QED) is 0.619. The van der Waals surface area contributed by atoms with Crippen LogP contribution in [0.1, 0.15) is 18.2 Å². The molecule has 4 rings (SSSR count). The monoisotopic (exact) mass is 371 g/mol. The SMILES string of the molecule is O=C(C1CC(c2ccco2)NN1)N1CCN(c2ccc([N+](=O)[O-])cc2)CC1. The molecule has 3 heterocycles. The second kappa shape index (κ2) is 7.37. The lowest BCUT2D eigenvalue weighted by molar-refractivity contribution is -0.384. The van der Waals surface area contributed by atoms with E-state index < -0.39 is 4.92 Å². The summed E-state index contributed by atoms with van der Waals surface area (Å²) in [6, 6.07) is 9.99. The molecule has 27 heavy (non-hydrogen) atoms. The minimum absolute atomic E-state index is 0.00431. The highest BCUT2D eigenvalue weighted by Crippen LogP contribution is 2.24. The number of rotatable bonds is 4. The lowest BCUT2D eigenvalue weighted by Crippen LogP contribution is -2.53. The Morgan fingerprint density at radius 2 is 1.85 bits per heavy atom. The van der Waals surface area contributed by atoms with Crippen molar-refractivity contribution >= 4 is 17.3 Å². The van der Waals surface area contributed by atoms with Crippen LogP contribution in [0.3, 0.4) is 0 Å². The molecule has 2 aliphatic heterocycles. The lowest BCUT2D eigenvalue weighted by Gasteiger charge is -2.37. The zero-order valence-corrected chi connectivity index (χ0v) is 14.7. The topological polar surface area (TPSA) is 104 Å². The number of carbonyl (C=O) groups is 1. The number of non-ortho nitro benzene ring substituents is 1. The maximum atomic E-state index is 12.8. The molecule has 0 spiro atoms. The van der Waals surface area contributed by atoms with Crippen LogP contribution >= 0.6 is 0 Å². The van der Waals surface area contributed by atoms with Crippen LogP contribution in [-0.4, -0.2) is 48.0 Å². The van der Waals surface area contributed by atoms with Crippen molar-refractivity contribution in [2.75, 3.05) is 31.1 Å². The second-order valence-corrected chi connectivity index (χ2v) is 6.73. The zero-order valence-electron chi connectivity index (χ0n) is 14.7. The molecule has 142 valence electrons. The maximum Gasteiger partial charge on any atom is 0.269 e. The van der Waals surface area contributed by atoms with Gasteiger partial charge in [0.1, 0.15) is 11.8 Å². The van der Waals surface area contributed by atoms with E-state index in [9.17, 15) is 14.9 Å². The summed E-state index contributed by atoms with van der Waals surface area (Å²) in [5, 5.41) is 10.8. The summed E-state index contributed by atoms with van der Waals surface area (Å²) in [5.74, 6) is 0.903. The molecule has 2 unspecified atom stereocenters. The van der Waals surface area contributed by atoms with Gasteiger partial charge in [-0.1, -0.05) is 0 Å². The normalized spacial score (nSPS) is 22.8. The van der Waals surface area contributed by atoms with Crippen molar-refractivity contribution in [3.05, 3.63) is 58.5 Å². The van der Waals surface area contributed by atoms with Crippen LogP contribution in [0.4, 0.5) is 11.4 Å². The highest BCUT2D eigenvalue weighted by atomic mass is 16.6. The Morgan fingerprint density at radius 3 is 2.48 bits per heavy atom. The molecule has 0 radical (unpaired) electrons. The Bertz CT molecular complexity index is 800. The number of carbonyl (C=O) groups excluding carboxylic acids is 1. The van der Waals surface area contributed by atoms with Crippen molar-refractivity contribution in [1.29, 1.82) is 0 Å². The summed E-state index contributed by atoms with van der Waals surface area (Å²) in [6.45, 7) is 2.65. The predicted octanol–water partition coefficient (Wildman–Crippen LogP) is 1.44. The summed E-state index contributed by atoms with van der Waals surface area (Å²) in [6.07, 6.45) is 2.28. The van der Waals surface area contributed by atoms with Gasteiger partial charge in [-0.2, -0.15) is 0 Å². The first-order chi connectivity index (χ1) is 13.1. The fourth-order valence-corrected chi connectivity index (χ4v) is 3.58. The highest BCUT2D eigenvalue weighted by molar-refractivity contribution is 5.82. The van der Waals surface area contributed by atoms with E-state index in [1.54, 1.807) is 18.4 Å². The number of nitrogens with one attached hydrogen (secondary N) is 2. The van der Waals surface area contributed by atoms with Crippen LogP contribution in [-0.2, 0) is 4.79 Å². The Morgan fingerprint density at radius 1 is 1.11 bits per heavy atom. The third-order valence-corrected chi connectivity index (χ3v) is 5.10. The standard InChI is InChI=1S/C18H21N5O4/c24-18(16-12-15(19-20-16)17-2-1-11-27-17)22-9-7-21(8-10-22)13-3-5-14(6-4-13)23(25)26/h1-6,11,15-16,19-20H,7-10,12H2. The van der Waals surface area contributed by atoms with Crippen molar-refractivity contribution in [1.82, 2.24) is 15.8 Å². The first kappa shape index (κ1) is 17.5. The van der Waals surface area contributed by atoms with Gasteiger partial charge in [0.25, 0.3) is 5.69 Å². The Hall–Kier alpha value is -2.91. The summed E-state index contributed by atoms with van der Waals surface area (Å²) in [5.41, 5.74) is 7.21. The van der Waals surface area contributed by atoms with E-state index in [4.69, 9.17) is 4.42 Å². The van der Waals surface area contributed by atoms with Crippen molar-refractivity contribution < 1.29 is 14.1 Å². The Balaban J connectivity index is 1.31. The third-order valence-electron chi connectivity index (χ3n) is 5.10. The molecule has 2 atom stereocenters. The molecule has 2 aromatic rings. The summed E-state index contributed by atoms with van der Waals surface area (Å²) >= 11 is 0. The number of nitro benzene ring substituents is 1. The summed E-state index contributed by atoms with van der Waals surface area (Å²) in [7, 11) is 0. The smallest absolute Gasteiger partial charge is 0.269 e. The van der Waals surface area contributed by atoms with Crippen molar-refractivity contribution in [2.45, 2.75) is 18.5 Å². The molecule has 2 saturated heterocycles. The molecule has 1 amide bonds.